The van der Waals surface area contributed by atoms with E-state index >= 15 is 0 Å². The Kier molecular flexibility index (Phi) is 14.0. The number of unbranched alkanes of at least 4 members (excludes halogenated alkanes) is 8. The summed E-state index contributed by atoms with van der Waals surface area (Å²) in [6.07, 6.45) is 14.9. The quantitative estimate of drug-likeness (QED) is 0.121. The van der Waals surface area contributed by atoms with E-state index in [4.69, 9.17) is 18.9 Å². The average molecular weight is 559 g/mol. The van der Waals surface area contributed by atoms with Crippen LogP contribution in [-0.4, -0.2) is 36.9 Å². The van der Waals surface area contributed by atoms with Crippen molar-refractivity contribution in [1.29, 1.82) is 0 Å². The lowest BCUT2D eigenvalue weighted by Crippen LogP contribution is -2.12. The molecule has 39 heavy (non-hydrogen) atoms. The lowest BCUT2D eigenvalue weighted by Gasteiger charge is -2.20. The van der Waals surface area contributed by atoms with Gasteiger partial charge in [0.15, 0.2) is 23.0 Å². The van der Waals surface area contributed by atoms with Crippen molar-refractivity contribution < 1.29 is 27.4 Å². The average Bonchev–Trinajstić information content (AvgIpc) is 2.95. The van der Waals surface area contributed by atoms with Crippen LogP contribution in [0.3, 0.4) is 0 Å². The van der Waals surface area contributed by atoms with Gasteiger partial charge in [0.2, 0.25) is 9.84 Å². The van der Waals surface area contributed by atoms with Crippen molar-refractivity contribution in [1.82, 2.24) is 0 Å². The van der Waals surface area contributed by atoms with Crippen LogP contribution in [0.25, 0.3) is 0 Å². The van der Waals surface area contributed by atoms with Gasteiger partial charge in [0.05, 0.1) is 38.2 Å². The molecule has 2 rings (SSSR count). The van der Waals surface area contributed by atoms with Crippen LogP contribution in [0.2, 0.25) is 0 Å². The summed E-state index contributed by atoms with van der Waals surface area (Å²) in [5.41, 5.74) is 1.29. The summed E-state index contributed by atoms with van der Waals surface area (Å²) in [7, 11) is 2.31. The second kappa shape index (κ2) is 16.9. The fraction of sp³-hybridized carbons (Fsp3) is 0.500. The van der Waals surface area contributed by atoms with E-state index in [1.807, 2.05) is 12.2 Å². The Balaban J connectivity index is 2.53. The Morgan fingerprint density at radius 3 is 1.31 bits per heavy atom. The standard InChI is InChI=1S/C32H46O6S/c1-7-9-11-13-15-17-19-25-29(23-21-27(35-3)31(25)37-5)39(33,34)30-24-22-28(36-4)32(38-6)26(30)20-18-16-14-12-10-8-2/h7-8,21-24H,1-2,9-20H2,3-6H3. The van der Waals surface area contributed by atoms with Crippen molar-refractivity contribution in [3.05, 3.63) is 60.7 Å². The molecule has 0 saturated heterocycles. The lowest BCUT2D eigenvalue weighted by atomic mass is 10.0. The summed E-state index contributed by atoms with van der Waals surface area (Å²) in [6, 6.07) is 6.61. The van der Waals surface area contributed by atoms with Gasteiger partial charge in [-0.05, 0) is 75.6 Å². The Morgan fingerprint density at radius 2 is 0.974 bits per heavy atom. The molecular weight excluding hydrogens is 512 g/mol. The number of allylic oxidation sites excluding steroid dienone is 2. The molecule has 0 aromatic heterocycles. The molecule has 2 aromatic rings. The summed E-state index contributed by atoms with van der Waals surface area (Å²) >= 11 is 0. The zero-order chi connectivity index (χ0) is 28.7. The maximum Gasteiger partial charge on any atom is 0.207 e. The zero-order valence-corrected chi connectivity index (χ0v) is 25.0. The van der Waals surface area contributed by atoms with E-state index in [0.717, 1.165) is 64.2 Å². The highest BCUT2D eigenvalue weighted by molar-refractivity contribution is 7.91. The zero-order valence-electron chi connectivity index (χ0n) is 24.2. The van der Waals surface area contributed by atoms with Gasteiger partial charge in [0.1, 0.15) is 0 Å². The molecule has 0 atom stereocenters. The smallest absolute Gasteiger partial charge is 0.207 e. The second-order valence-corrected chi connectivity index (χ2v) is 11.4. The third kappa shape index (κ3) is 8.53. The molecule has 0 spiro atoms. The topological polar surface area (TPSA) is 71.1 Å². The van der Waals surface area contributed by atoms with E-state index in [-0.39, 0.29) is 9.79 Å². The van der Waals surface area contributed by atoms with Crippen LogP contribution in [0.4, 0.5) is 0 Å². The van der Waals surface area contributed by atoms with Crippen molar-refractivity contribution in [2.24, 2.45) is 0 Å². The van der Waals surface area contributed by atoms with E-state index in [1.165, 1.54) is 0 Å². The molecule has 216 valence electrons. The number of sulfone groups is 1. The highest BCUT2D eigenvalue weighted by Crippen LogP contribution is 2.42. The monoisotopic (exact) mass is 558 g/mol. The molecule has 0 aliphatic carbocycles. The summed E-state index contributed by atoms with van der Waals surface area (Å²) < 4.78 is 51.1. The van der Waals surface area contributed by atoms with Crippen LogP contribution in [0.5, 0.6) is 23.0 Å². The third-order valence-electron chi connectivity index (χ3n) is 6.96. The normalized spacial score (nSPS) is 11.2. The van der Waals surface area contributed by atoms with Crippen LogP contribution in [-0.2, 0) is 22.7 Å². The minimum Gasteiger partial charge on any atom is -0.493 e. The van der Waals surface area contributed by atoms with Gasteiger partial charge < -0.3 is 18.9 Å². The molecule has 0 aliphatic rings. The van der Waals surface area contributed by atoms with Gasteiger partial charge in [0.25, 0.3) is 0 Å². The maximum absolute atomic E-state index is 14.3. The SMILES string of the molecule is C=CCCCCCCc1c(S(=O)(=O)c2ccc(OC)c(OC)c2CCCCCCC=C)ccc(OC)c1OC. The summed E-state index contributed by atoms with van der Waals surface area (Å²) in [6.45, 7) is 7.57. The molecule has 2 aromatic carbocycles. The van der Waals surface area contributed by atoms with Gasteiger partial charge in [0, 0.05) is 11.1 Å². The minimum absolute atomic E-state index is 0.241. The van der Waals surface area contributed by atoms with E-state index in [1.54, 1.807) is 52.7 Å². The first-order chi connectivity index (χ1) is 18.9. The molecule has 0 heterocycles. The van der Waals surface area contributed by atoms with Crippen LogP contribution >= 0.6 is 0 Å². The number of ether oxygens (including phenoxy) is 4. The molecule has 0 saturated carbocycles. The van der Waals surface area contributed by atoms with Gasteiger partial charge in [-0.15, -0.1) is 13.2 Å². The van der Waals surface area contributed by atoms with Crippen molar-refractivity contribution >= 4 is 9.84 Å². The van der Waals surface area contributed by atoms with Crippen LogP contribution in [0.1, 0.15) is 75.3 Å². The lowest BCUT2D eigenvalue weighted by molar-refractivity contribution is 0.349. The van der Waals surface area contributed by atoms with Crippen molar-refractivity contribution in [3.63, 3.8) is 0 Å². The first-order valence-corrected chi connectivity index (χ1v) is 15.3. The van der Waals surface area contributed by atoms with Crippen molar-refractivity contribution in [3.8, 4) is 23.0 Å². The fourth-order valence-corrected chi connectivity index (χ4v) is 6.70. The number of hydrogen-bond acceptors (Lipinski definition) is 6. The largest absolute Gasteiger partial charge is 0.493 e. The minimum atomic E-state index is -3.92. The predicted molar refractivity (Wildman–Crippen MR) is 159 cm³/mol. The number of hydrogen-bond donors (Lipinski definition) is 0. The molecular formula is C32H46O6S. The van der Waals surface area contributed by atoms with Crippen molar-refractivity contribution in [2.75, 3.05) is 28.4 Å². The summed E-state index contributed by atoms with van der Waals surface area (Å²) in [5, 5.41) is 0. The van der Waals surface area contributed by atoms with Crippen molar-refractivity contribution in [2.45, 2.75) is 86.8 Å². The number of rotatable bonds is 20. The number of methoxy groups -OCH3 is 4. The summed E-state index contributed by atoms with van der Waals surface area (Å²) in [5.74, 6) is 1.97. The van der Waals surface area contributed by atoms with Crippen LogP contribution in [0, 0.1) is 0 Å². The van der Waals surface area contributed by atoms with Gasteiger partial charge in [-0.2, -0.15) is 0 Å². The van der Waals surface area contributed by atoms with Gasteiger partial charge in [-0.1, -0.05) is 37.8 Å². The molecule has 0 N–H and O–H groups in total. The second-order valence-electron chi connectivity index (χ2n) is 9.54. The molecule has 0 bridgehead atoms. The Labute approximate surface area is 235 Å². The predicted octanol–water partition coefficient (Wildman–Crippen LogP) is 7.91. The maximum atomic E-state index is 14.3. The highest BCUT2D eigenvalue weighted by Gasteiger charge is 2.30. The number of benzene rings is 2. The Morgan fingerprint density at radius 1 is 0.590 bits per heavy atom. The molecule has 0 fully saturated rings. The molecule has 7 heteroatoms. The third-order valence-corrected chi connectivity index (χ3v) is 8.88. The Bertz CT molecular complexity index is 1080. The molecule has 0 radical (unpaired) electrons. The van der Waals surface area contributed by atoms with Crippen LogP contribution in [0.15, 0.2) is 59.4 Å². The van der Waals surface area contributed by atoms with Gasteiger partial charge >= 0.3 is 0 Å². The van der Waals surface area contributed by atoms with E-state index in [2.05, 4.69) is 13.2 Å². The highest BCUT2D eigenvalue weighted by atomic mass is 32.2. The first kappa shape index (κ1) is 32.3. The van der Waals surface area contributed by atoms with E-state index in [0.29, 0.717) is 47.0 Å². The van der Waals surface area contributed by atoms with Gasteiger partial charge in [-0.3, -0.25) is 0 Å². The summed E-state index contributed by atoms with van der Waals surface area (Å²) in [4.78, 5) is 0.483. The molecule has 0 amide bonds. The van der Waals surface area contributed by atoms with Gasteiger partial charge in [-0.25, -0.2) is 8.42 Å². The molecule has 0 unspecified atom stereocenters. The Hall–Kier alpha value is -2.93. The molecule has 0 aliphatic heterocycles. The van der Waals surface area contributed by atoms with E-state index in [9.17, 15) is 8.42 Å². The van der Waals surface area contributed by atoms with Crippen LogP contribution < -0.4 is 18.9 Å². The van der Waals surface area contributed by atoms with E-state index < -0.39 is 9.84 Å². The fourth-order valence-electron chi connectivity index (χ4n) is 4.93. The molecule has 6 nitrogen and oxygen atoms in total. The first-order valence-electron chi connectivity index (χ1n) is 13.9.